The zero-order valence-electron chi connectivity index (χ0n) is 17.2. The summed E-state index contributed by atoms with van der Waals surface area (Å²) in [6.07, 6.45) is 2.10. The third-order valence-electron chi connectivity index (χ3n) is 4.35. The standard InChI is InChI=1S/C22H17Cl3N2O5S/c1-2-8-32-21(30)14-10-13(6-7-15(14)23)26-18(28)11-27-20(29)17(33-22(27)31)9-12-4-3-5-16(24)19(12)25/h3-7,9-10H,2,8,11H2,1H3,(H,26,28)/b17-9+. The van der Waals surface area contributed by atoms with Crippen LogP contribution in [0.1, 0.15) is 29.3 Å². The van der Waals surface area contributed by atoms with Gasteiger partial charge in [-0.2, -0.15) is 0 Å². The van der Waals surface area contributed by atoms with Gasteiger partial charge in [-0.25, -0.2) is 4.79 Å². The van der Waals surface area contributed by atoms with Crippen LogP contribution in [0.15, 0.2) is 41.3 Å². The molecule has 0 aliphatic carbocycles. The Morgan fingerprint density at radius 3 is 2.61 bits per heavy atom. The minimum absolute atomic E-state index is 0.0930. The Kier molecular flexibility index (Phi) is 8.42. The third kappa shape index (κ3) is 6.09. The van der Waals surface area contributed by atoms with Gasteiger partial charge >= 0.3 is 5.97 Å². The van der Waals surface area contributed by atoms with Gasteiger partial charge in [0.1, 0.15) is 6.54 Å². The normalized spacial score (nSPS) is 14.7. The van der Waals surface area contributed by atoms with Crippen molar-refractivity contribution in [2.24, 2.45) is 0 Å². The van der Waals surface area contributed by atoms with E-state index in [-0.39, 0.29) is 32.8 Å². The monoisotopic (exact) mass is 526 g/mol. The van der Waals surface area contributed by atoms with Crippen LogP contribution in [0.5, 0.6) is 0 Å². The molecule has 172 valence electrons. The maximum atomic E-state index is 12.7. The number of thioether (sulfide) groups is 1. The number of rotatable bonds is 7. The summed E-state index contributed by atoms with van der Waals surface area (Å²) in [6.45, 7) is 1.58. The molecule has 33 heavy (non-hydrogen) atoms. The lowest BCUT2D eigenvalue weighted by atomic mass is 10.2. The van der Waals surface area contributed by atoms with Crippen LogP contribution in [0, 0.1) is 0 Å². The van der Waals surface area contributed by atoms with Crippen LogP contribution < -0.4 is 5.32 Å². The Morgan fingerprint density at radius 2 is 1.88 bits per heavy atom. The van der Waals surface area contributed by atoms with Crippen molar-refractivity contribution in [3.63, 3.8) is 0 Å². The number of imide groups is 1. The minimum atomic E-state index is -0.630. The first kappa shape index (κ1) is 25.1. The predicted molar refractivity (Wildman–Crippen MR) is 130 cm³/mol. The summed E-state index contributed by atoms with van der Waals surface area (Å²) in [5.41, 5.74) is 0.833. The molecule has 0 spiro atoms. The van der Waals surface area contributed by atoms with E-state index in [2.05, 4.69) is 5.32 Å². The number of carbonyl (C=O) groups is 4. The van der Waals surface area contributed by atoms with Crippen LogP contribution in [0.3, 0.4) is 0 Å². The van der Waals surface area contributed by atoms with Crippen LogP contribution in [-0.2, 0) is 14.3 Å². The number of ether oxygens (including phenoxy) is 1. The van der Waals surface area contributed by atoms with E-state index in [1.807, 2.05) is 6.92 Å². The Bertz CT molecular complexity index is 1170. The topological polar surface area (TPSA) is 92.8 Å². The van der Waals surface area contributed by atoms with E-state index < -0.39 is 29.6 Å². The number of carbonyl (C=O) groups excluding carboxylic acids is 4. The Morgan fingerprint density at radius 1 is 1.12 bits per heavy atom. The number of benzene rings is 2. The first-order valence-electron chi connectivity index (χ1n) is 9.67. The van der Waals surface area contributed by atoms with Crippen molar-refractivity contribution in [1.82, 2.24) is 4.90 Å². The number of nitrogens with zero attached hydrogens (tertiary/aromatic N) is 1. The Balaban J connectivity index is 1.70. The molecule has 11 heteroatoms. The molecular formula is C22H17Cl3N2O5S. The fourth-order valence-corrected chi connectivity index (χ4v) is 4.17. The molecule has 0 radical (unpaired) electrons. The molecule has 7 nitrogen and oxygen atoms in total. The highest BCUT2D eigenvalue weighted by Crippen LogP contribution is 2.35. The van der Waals surface area contributed by atoms with Crippen LogP contribution in [0.2, 0.25) is 15.1 Å². The molecule has 0 aromatic heterocycles. The summed E-state index contributed by atoms with van der Waals surface area (Å²) in [5.74, 6) is -1.88. The van der Waals surface area contributed by atoms with E-state index in [4.69, 9.17) is 39.5 Å². The Hall–Kier alpha value is -2.52. The fraction of sp³-hybridized carbons (Fsp3) is 0.182. The van der Waals surface area contributed by atoms with Crippen LogP contribution >= 0.6 is 46.6 Å². The summed E-state index contributed by atoms with van der Waals surface area (Å²) in [6, 6.07) is 9.22. The van der Waals surface area contributed by atoms with Gasteiger partial charge in [0.2, 0.25) is 5.91 Å². The van der Waals surface area contributed by atoms with E-state index in [0.29, 0.717) is 28.8 Å². The van der Waals surface area contributed by atoms with Gasteiger partial charge in [-0.1, -0.05) is 53.9 Å². The largest absolute Gasteiger partial charge is 0.462 e. The summed E-state index contributed by atoms with van der Waals surface area (Å²) >= 11 is 18.9. The highest BCUT2D eigenvalue weighted by Gasteiger charge is 2.36. The van der Waals surface area contributed by atoms with Gasteiger partial charge in [0.15, 0.2) is 0 Å². The van der Waals surface area contributed by atoms with E-state index in [0.717, 1.165) is 4.90 Å². The average molecular weight is 528 g/mol. The van der Waals surface area contributed by atoms with Crippen LogP contribution in [-0.4, -0.2) is 41.1 Å². The maximum Gasteiger partial charge on any atom is 0.339 e. The second-order valence-electron chi connectivity index (χ2n) is 6.79. The highest BCUT2D eigenvalue weighted by molar-refractivity contribution is 8.18. The summed E-state index contributed by atoms with van der Waals surface area (Å²) in [5, 5.41) is 2.68. The minimum Gasteiger partial charge on any atom is -0.462 e. The summed E-state index contributed by atoms with van der Waals surface area (Å²) in [7, 11) is 0. The van der Waals surface area contributed by atoms with E-state index in [9.17, 15) is 19.2 Å². The van der Waals surface area contributed by atoms with Gasteiger partial charge in [0, 0.05) is 5.69 Å². The van der Waals surface area contributed by atoms with Gasteiger partial charge in [-0.05, 0) is 54.1 Å². The Labute approximate surface area is 209 Å². The van der Waals surface area contributed by atoms with Crippen LogP contribution in [0.4, 0.5) is 10.5 Å². The number of halogens is 3. The molecule has 1 fully saturated rings. The van der Waals surface area contributed by atoms with E-state index >= 15 is 0 Å². The smallest absolute Gasteiger partial charge is 0.339 e. The van der Waals surface area contributed by atoms with Gasteiger partial charge in [-0.15, -0.1) is 0 Å². The molecule has 1 N–H and O–H groups in total. The number of nitrogens with one attached hydrogen (secondary N) is 1. The van der Waals surface area contributed by atoms with E-state index in [1.54, 1.807) is 18.2 Å². The zero-order chi connectivity index (χ0) is 24.1. The maximum absolute atomic E-state index is 12.7. The first-order chi connectivity index (χ1) is 15.7. The first-order valence-corrected chi connectivity index (χ1v) is 11.6. The quantitative estimate of drug-likeness (QED) is 0.357. The molecule has 2 aromatic carbocycles. The molecule has 0 bridgehead atoms. The molecule has 0 saturated carbocycles. The summed E-state index contributed by atoms with van der Waals surface area (Å²) in [4.78, 5) is 50.5. The van der Waals surface area contributed by atoms with Gasteiger partial charge < -0.3 is 10.1 Å². The molecule has 3 rings (SSSR count). The van der Waals surface area contributed by atoms with Crippen molar-refractivity contribution in [3.8, 4) is 0 Å². The molecule has 1 aliphatic rings. The number of hydrogen-bond acceptors (Lipinski definition) is 6. The molecule has 1 saturated heterocycles. The molecule has 1 aliphatic heterocycles. The van der Waals surface area contributed by atoms with Gasteiger partial charge in [0.25, 0.3) is 11.1 Å². The number of amides is 3. The zero-order valence-corrected chi connectivity index (χ0v) is 20.3. The average Bonchev–Trinajstić information content (AvgIpc) is 3.03. The van der Waals surface area contributed by atoms with Crippen LogP contribution in [0.25, 0.3) is 6.08 Å². The molecule has 3 amide bonds. The SMILES string of the molecule is CCCOC(=O)c1cc(NC(=O)CN2C(=O)S/C(=C/c3cccc(Cl)c3Cl)C2=O)ccc1Cl. The molecular weight excluding hydrogens is 511 g/mol. The highest BCUT2D eigenvalue weighted by atomic mass is 35.5. The lowest BCUT2D eigenvalue weighted by Gasteiger charge is -2.13. The van der Waals surface area contributed by atoms with Gasteiger partial charge in [0.05, 0.1) is 32.1 Å². The van der Waals surface area contributed by atoms with Crippen molar-refractivity contribution < 1.29 is 23.9 Å². The molecule has 0 atom stereocenters. The lowest BCUT2D eigenvalue weighted by Crippen LogP contribution is -2.36. The van der Waals surface area contributed by atoms with Crippen molar-refractivity contribution in [2.75, 3.05) is 18.5 Å². The molecule has 1 heterocycles. The van der Waals surface area contributed by atoms with E-state index in [1.165, 1.54) is 24.3 Å². The second-order valence-corrected chi connectivity index (χ2v) is 8.98. The number of esters is 1. The summed E-state index contributed by atoms with van der Waals surface area (Å²) < 4.78 is 5.07. The molecule has 2 aromatic rings. The third-order valence-corrected chi connectivity index (χ3v) is 6.42. The van der Waals surface area contributed by atoms with Crippen molar-refractivity contribution in [3.05, 3.63) is 67.5 Å². The number of anilines is 1. The number of hydrogen-bond donors (Lipinski definition) is 1. The van der Waals surface area contributed by atoms with Crippen molar-refractivity contribution in [1.29, 1.82) is 0 Å². The second kappa shape index (κ2) is 11.1. The van der Waals surface area contributed by atoms with Gasteiger partial charge in [-0.3, -0.25) is 19.3 Å². The fourth-order valence-electron chi connectivity index (χ4n) is 2.79. The lowest BCUT2D eigenvalue weighted by molar-refractivity contribution is -0.127. The molecule has 0 unspecified atom stereocenters. The van der Waals surface area contributed by atoms with Crippen molar-refractivity contribution in [2.45, 2.75) is 13.3 Å². The predicted octanol–water partition coefficient (Wildman–Crippen LogP) is 5.89. The van der Waals surface area contributed by atoms with Crippen molar-refractivity contribution >= 4 is 81.4 Å².